The normalized spacial score (nSPS) is 34.3. The third kappa shape index (κ3) is 3.26. The fourth-order valence-corrected chi connectivity index (χ4v) is 6.18. The van der Waals surface area contributed by atoms with Gasteiger partial charge >= 0.3 is 0 Å². The second-order valence-electron chi connectivity index (χ2n) is 8.90. The average Bonchev–Trinajstić information content (AvgIpc) is 3.04. The maximum absolute atomic E-state index is 12.0. The Hall–Kier alpha value is -1.55. The Kier molecular flexibility index (Phi) is 5.19. The van der Waals surface area contributed by atoms with Crippen LogP contribution in [0.1, 0.15) is 56.9 Å². The minimum atomic E-state index is 0.212. The number of hydrogen-bond acceptors (Lipinski definition) is 4. The van der Waals surface area contributed by atoms with Crippen molar-refractivity contribution in [3.05, 3.63) is 23.8 Å². The van der Waals surface area contributed by atoms with E-state index in [1.807, 2.05) is 0 Å². The molecule has 0 N–H and O–H groups in total. The topological polar surface area (TPSA) is 38.8 Å². The lowest BCUT2D eigenvalue weighted by molar-refractivity contribution is -0.122. The van der Waals surface area contributed by atoms with E-state index in [2.05, 4.69) is 30.1 Å². The van der Waals surface area contributed by atoms with Gasteiger partial charge in [0.2, 0.25) is 0 Å². The molecule has 4 nitrogen and oxygen atoms in total. The molecule has 4 heteroatoms. The van der Waals surface area contributed by atoms with E-state index in [1.54, 1.807) is 14.2 Å². The molecule has 0 spiro atoms. The van der Waals surface area contributed by atoms with Crippen LogP contribution in [0.4, 0.5) is 0 Å². The third-order valence-electron chi connectivity index (χ3n) is 7.71. The van der Waals surface area contributed by atoms with Gasteiger partial charge in [-0.05, 0) is 81.6 Å². The average molecular weight is 372 g/mol. The molecule has 0 aromatic heterocycles. The Balaban J connectivity index is 1.60. The van der Waals surface area contributed by atoms with Gasteiger partial charge in [-0.3, -0.25) is 4.79 Å². The smallest absolute Gasteiger partial charge is 0.161 e. The Labute approximate surface area is 163 Å². The van der Waals surface area contributed by atoms with E-state index in [1.165, 1.54) is 37.7 Å². The molecule has 2 saturated carbocycles. The molecule has 3 fully saturated rings. The highest BCUT2D eigenvalue weighted by molar-refractivity contribution is 5.79. The summed E-state index contributed by atoms with van der Waals surface area (Å²) in [7, 11) is 5.69. The summed E-state index contributed by atoms with van der Waals surface area (Å²) in [5.41, 5.74) is 1.61. The van der Waals surface area contributed by atoms with Gasteiger partial charge < -0.3 is 14.4 Å². The zero-order valence-corrected chi connectivity index (χ0v) is 17.0. The molecule has 1 unspecified atom stereocenters. The molecule has 3 aliphatic rings. The monoisotopic (exact) mass is 371 g/mol. The lowest BCUT2D eigenvalue weighted by Crippen LogP contribution is -2.47. The Morgan fingerprint density at radius 1 is 1.07 bits per heavy atom. The molecule has 4 atom stereocenters. The summed E-state index contributed by atoms with van der Waals surface area (Å²) < 4.78 is 11.0. The van der Waals surface area contributed by atoms with Crippen molar-refractivity contribution < 1.29 is 14.3 Å². The van der Waals surface area contributed by atoms with Crippen LogP contribution in [0, 0.1) is 11.8 Å². The van der Waals surface area contributed by atoms with Crippen LogP contribution in [0.3, 0.4) is 0 Å². The van der Waals surface area contributed by atoms with Crippen molar-refractivity contribution >= 4 is 5.78 Å². The summed E-state index contributed by atoms with van der Waals surface area (Å²) in [6.45, 7) is 1.15. The van der Waals surface area contributed by atoms with Crippen molar-refractivity contribution in [1.29, 1.82) is 0 Å². The number of benzene rings is 1. The summed E-state index contributed by atoms with van der Waals surface area (Å²) >= 11 is 0. The number of ether oxygens (including phenoxy) is 2. The van der Waals surface area contributed by atoms with Crippen molar-refractivity contribution in [1.82, 2.24) is 4.90 Å². The van der Waals surface area contributed by atoms with Crippen molar-refractivity contribution in [2.24, 2.45) is 11.8 Å². The second-order valence-corrected chi connectivity index (χ2v) is 8.90. The standard InChI is InChI=1S/C23H33NO3/c1-24-12-11-23(18-7-8-20(26-2)21(15-18)27-3)10-9-17(14-22(23)24)16-5-4-6-19(25)13-16/h7-8,15-17,22H,4-6,9-14H2,1-3H3/t16?,17-,22-,23-/m0/s1. The van der Waals surface area contributed by atoms with Gasteiger partial charge in [-0.25, -0.2) is 0 Å². The van der Waals surface area contributed by atoms with Gasteiger partial charge in [0.05, 0.1) is 14.2 Å². The third-order valence-corrected chi connectivity index (χ3v) is 7.71. The van der Waals surface area contributed by atoms with Crippen molar-refractivity contribution in [2.75, 3.05) is 27.8 Å². The molecule has 148 valence electrons. The van der Waals surface area contributed by atoms with E-state index in [0.717, 1.165) is 37.3 Å². The summed E-state index contributed by atoms with van der Waals surface area (Å²) in [5, 5.41) is 0. The van der Waals surface area contributed by atoms with Crippen LogP contribution in [0.25, 0.3) is 0 Å². The molecule has 4 rings (SSSR count). The lowest BCUT2D eigenvalue weighted by Gasteiger charge is -2.47. The minimum absolute atomic E-state index is 0.212. The lowest BCUT2D eigenvalue weighted by atomic mass is 9.60. The van der Waals surface area contributed by atoms with E-state index in [9.17, 15) is 4.79 Å². The quantitative estimate of drug-likeness (QED) is 0.795. The van der Waals surface area contributed by atoms with Gasteiger partial charge in [0.1, 0.15) is 5.78 Å². The first-order chi connectivity index (χ1) is 13.1. The molecule has 1 heterocycles. The largest absolute Gasteiger partial charge is 0.493 e. The fourth-order valence-electron chi connectivity index (χ4n) is 6.18. The van der Waals surface area contributed by atoms with Crippen molar-refractivity contribution in [3.63, 3.8) is 0 Å². The molecular formula is C23H33NO3. The molecule has 2 aliphatic carbocycles. The van der Waals surface area contributed by atoms with E-state index in [4.69, 9.17) is 9.47 Å². The molecule has 1 aromatic rings. The number of carbonyl (C=O) groups excluding carboxylic acids is 1. The number of likely N-dealkylation sites (N-methyl/N-ethyl adjacent to an activating group) is 1. The van der Waals surface area contributed by atoms with Crippen LogP contribution in [-0.2, 0) is 10.2 Å². The highest BCUT2D eigenvalue weighted by Crippen LogP contribution is 2.53. The molecule has 0 amide bonds. The van der Waals surface area contributed by atoms with E-state index in [-0.39, 0.29) is 5.41 Å². The number of nitrogens with zero attached hydrogens (tertiary/aromatic N) is 1. The number of ketones is 1. The van der Waals surface area contributed by atoms with Gasteiger partial charge in [-0.2, -0.15) is 0 Å². The number of methoxy groups -OCH3 is 2. The first-order valence-electron chi connectivity index (χ1n) is 10.5. The number of likely N-dealkylation sites (tertiary alicyclic amines) is 1. The molecule has 27 heavy (non-hydrogen) atoms. The van der Waals surface area contributed by atoms with Crippen LogP contribution in [-0.4, -0.2) is 44.5 Å². The van der Waals surface area contributed by atoms with E-state index < -0.39 is 0 Å². The SMILES string of the molecule is COc1ccc([C@@]23CC[C@H](C4CCCC(=O)C4)C[C@@H]2N(C)CC3)cc1OC. The highest BCUT2D eigenvalue weighted by atomic mass is 16.5. The molecule has 1 aromatic carbocycles. The zero-order valence-electron chi connectivity index (χ0n) is 17.0. The van der Waals surface area contributed by atoms with Gasteiger partial charge in [-0.1, -0.05) is 6.07 Å². The summed E-state index contributed by atoms with van der Waals surface area (Å²) in [6.07, 6.45) is 8.87. The van der Waals surface area contributed by atoms with Gasteiger partial charge in [0.25, 0.3) is 0 Å². The molecule has 0 radical (unpaired) electrons. The van der Waals surface area contributed by atoms with Crippen LogP contribution >= 0.6 is 0 Å². The fraction of sp³-hybridized carbons (Fsp3) is 0.696. The summed E-state index contributed by atoms with van der Waals surface area (Å²) in [5.74, 6) is 3.44. The van der Waals surface area contributed by atoms with Gasteiger partial charge in [-0.15, -0.1) is 0 Å². The molecular weight excluding hydrogens is 338 g/mol. The van der Waals surface area contributed by atoms with E-state index in [0.29, 0.717) is 23.7 Å². The minimum Gasteiger partial charge on any atom is -0.493 e. The second kappa shape index (κ2) is 7.46. The number of hydrogen-bond donors (Lipinski definition) is 0. The number of carbonyl (C=O) groups is 1. The maximum Gasteiger partial charge on any atom is 0.161 e. The molecule has 1 saturated heterocycles. The number of Topliss-reactive ketones (excluding diaryl/α,β-unsaturated/α-hetero) is 1. The van der Waals surface area contributed by atoms with Crippen molar-refractivity contribution in [3.8, 4) is 11.5 Å². The van der Waals surface area contributed by atoms with Crippen LogP contribution in [0.15, 0.2) is 18.2 Å². The van der Waals surface area contributed by atoms with Gasteiger partial charge in [0.15, 0.2) is 11.5 Å². The van der Waals surface area contributed by atoms with Gasteiger partial charge in [0, 0.05) is 24.3 Å². The zero-order chi connectivity index (χ0) is 19.0. The summed E-state index contributed by atoms with van der Waals surface area (Å²) in [6, 6.07) is 7.07. The molecule has 0 bridgehead atoms. The first-order valence-corrected chi connectivity index (χ1v) is 10.5. The summed E-state index contributed by atoms with van der Waals surface area (Å²) in [4.78, 5) is 14.6. The maximum atomic E-state index is 12.0. The van der Waals surface area contributed by atoms with Crippen LogP contribution in [0.5, 0.6) is 11.5 Å². The van der Waals surface area contributed by atoms with Crippen LogP contribution < -0.4 is 9.47 Å². The number of rotatable bonds is 4. The van der Waals surface area contributed by atoms with E-state index >= 15 is 0 Å². The first kappa shape index (κ1) is 18.8. The number of fused-ring (bicyclic) bond motifs is 1. The highest BCUT2D eigenvalue weighted by Gasteiger charge is 2.51. The Bertz CT molecular complexity index is 703. The van der Waals surface area contributed by atoms with Crippen LogP contribution in [0.2, 0.25) is 0 Å². The predicted molar refractivity (Wildman–Crippen MR) is 107 cm³/mol. The Morgan fingerprint density at radius 3 is 2.63 bits per heavy atom. The predicted octanol–water partition coefficient (Wildman–Crippen LogP) is 4.21. The molecule has 1 aliphatic heterocycles. The Morgan fingerprint density at radius 2 is 1.89 bits per heavy atom. The van der Waals surface area contributed by atoms with Crippen molar-refractivity contribution in [2.45, 2.75) is 62.8 Å².